The lowest BCUT2D eigenvalue weighted by Crippen LogP contribution is -2.54. The quantitative estimate of drug-likeness (QED) is 0.798. The Kier molecular flexibility index (Phi) is 2.98. The zero-order valence-corrected chi connectivity index (χ0v) is 11.0. The van der Waals surface area contributed by atoms with Gasteiger partial charge in [-0.05, 0) is 50.5 Å². The molecule has 92 valence electrons. The molecule has 2 heteroatoms. The highest BCUT2D eigenvalue weighted by molar-refractivity contribution is 5.92. The van der Waals surface area contributed by atoms with Crippen LogP contribution in [0.25, 0.3) is 0 Å². The SMILES string of the molecule is CCC1(C)C(=O)CC1Oc1ccc(C)c(C)c1. The van der Waals surface area contributed by atoms with Crippen LogP contribution in [0.5, 0.6) is 5.75 Å². The average Bonchev–Trinajstić information content (AvgIpc) is 2.32. The lowest BCUT2D eigenvalue weighted by Gasteiger charge is -2.44. The number of ether oxygens (including phenoxy) is 1. The molecule has 0 heterocycles. The van der Waals surface area contributed by atoms with Crippen molar-refractivity contribution in [1.29, 1.82) is 0 Å². The minimum Gasteiger partial charge on any atom is -0.489 e. The van der Waals surface area contributed by atoms with Gasteiger partial charge in [0.15, 0.2) is 0 Å². The molecule has 17 heavy (non-hydrogen) atoms. The van der Waals surface area contributed by atoms with Gasteiger partial charge in [0.1, 0.15) is 17.6 Å². The van der Waals surface area contributed by atoms with Crippen molar-refractivity contribution in [3.63, 3.8) is 0 Å². The van der Waals surface area contributed by atoms with Crippen LogP contribution in [0.15, 0.2) is 18.2 Å². The van der Waals surface area contributed by atoms with E-state index < -0.39 is 0 Å². The van der Waals surface area contributed by atoms with Gasteiger partial charge in [0.05, 0.1) is 5.41 Å². The molecule has 2 unspecified atom stereocenters. The molecule has 2 atom stereocenters. The van der Waals surface area contributed by atoms with Gasteiger partial charge in [-0.2, -0.15) is 0 Å². The highest BCUT2D eigenvalue weighted by atomic mass is 16.5. The molecule has 0 spiro atoms. The zero-order chi connectivity index (χ0) is 12.6. The molecule has 0 aliphatic heterocycles. The number of rotatable bonds is 3. The van der Waals surface area contributed by atoms with Crippen molar-refractivity contribution in [2.45, 2.75) is 46.6 Å². The Hall–Kier alpha value is -1.31. The third-order valence-electron chi connectivity index (χ3n) is 4.21. The maximum Gasteiger partial charge on any atom is 0.146 e. The van der Waals surface area contributed by atoms with Crippen LogP contribution in [0.2, 0.25) is 0 Å². The smallest absolute Gasteiger partial charge is 0.146 e. The molecule has 1 aromatic carbocycles. The maximum absolute atomic E-state index is 11.6. The molecule has 1 saturated carbocycles. The van der Waals surface area contributed by atoms with E-state index in [0.29, 0.717) is 12.2 Å². The van der Waals surface area contributed by atoms with Crippen LogP contribution in [0, 0.1) is 19.3 Å². The first kappa shape index (κ1) is 12.2. The number of ketones is 1. The first-order valence-electron chi connectivity index (χ1n) is 6.24. The summed E-state index contributed by atoms with van der Waals surface area (Å²) in [5, 5.41) is 0. The van der Waals surface area contributed by atoms with Crippen LogP contribution in [0.1, 0.15) is 37.8 Å². The number of hydrogen-bond donors (Lipinski definition) is 0. The van der Waals surface area contributed by atoms with E-state index in [9.17, 15) is 4.79 Å². The standard InChI is InChI=1S/C15H20O2/c1-5-15(4)13(16)9-14(15)17-12-7-6-10(2)11(3)8-12/h6-8,14H,5,9H2,1-4H3. The van der Waals surface area contributed by atoms with Gasteiger partial charge in [0.2, 0.25) is 0 Å². The third kappa shape index (κ3) is 1.97. The average molecular weight is 232 g/mol. The molecule has 0 radical (unpaired) electrons. The second-order valence-electron chi connectivity index (χ2n) is 5.25. The highest BCUT2D eigenvalue weighted by Gasteiger charge is 2.51. The van der Waals surface area contributed by atoms with Gasteiger partial charge in [0.25, 0.3) is 0 Å². The molecular formula is C15H20O2. The molecule has 0 aromatic heterocycles. The van der Waals surface area contributed by atoms with Crippen LogP contribution in [0.3, 0.4) is 0 Å². The minimum absolute atomic E-state index is 0.0436. The fourth-order valence-corrected chi connectivity index (χ4v) is 2.22. The first-order valence-corrected chi connectivity index (χ1v) is 6.24. The molecule has 1 aromatic rings. The van der Waals surface area contributed by atoms with E-state index in [2.05, 4.69) is 19.9 Å². The van der Waals surface area contributed by atoms with E-state index in [-0.39, 0.29) is 11.5 Å². The lowest BCUT2D eigenvalue weighted by molar-refractivity contribution is -0.150. The second kappa shape index (κ2) is 4.17. The fourth-order valence-electron chi connectivity index (χ4n) is 2.22. The van der Waals surface area contributed by atoms with Gasteiger partial charge in [-0.15, -0.1) is 0 Å². The Labute approximate surface area is 103 Å². The van der Waals surface area contributed by atoms with Crippen LogP contribution < -0.4 is 4.74 Å². The summed E-state index contributed by atoms with van der Waals surface area (Å²) in [6, 6.07) is 6.10. The molecule has 2 nitrogen and oxygen atoms in total. The van der Waals surface area contributed by atoms with Crippen molar-refractivity contribution in [2.75, 3.05) is 0 Å². The number of aryl methyl sites for hydroxylation is 2. The Balaban J connectivity index is 2.12. The molecule has 0 bridgehead atoms. The Morgan fingerprint density at radius 1 is 1.35 bits per heavy atom. The number of benzene rings is 1. The van der Waals surface area contributed by atoms with Gasteiger partial charge in [-0.1, -0.05) is 13.0 Å². The number of hydrogen-bond acceptors (Lipinski definition) is 2. The monoisotopic (exact) mass is 232 g/mol. The fraction of sp³-hybridized carbons (Fsp3) is 0.533. The van der Waals surface area contributed by atoms with Crippen LogP contribution in [-0.2, 0) is 4.79 Å². The summed E-state index contributed by atoms with van der Waals surface area (Å²) in [4.78, 5) is 11.6. The van der Waals surface area contributed by atoms with Crippen LogP contribution in [-0.4, -0.2) is 11.9 Å². The number of carbonyl (C=O) groups is 1. The Morgan fingerprint density at radius 2 is 2.06 bits per heavy atom. The van der Waals surface area contributed by atoms with E-state index >= 15 is 0 Å². The summed E-state index contributed by atoms with van der Waals surface area (Å²) in [7, 11) is 0. The van der Waals surface area contributed by atoms with E-state index in [1.807, 2.05) is 26.0 Å². The molecule has 0 amide bonds. The molecule has 0 saturated heterocycles. The third-order valence-corrected chi connectivity index (χ3v) is 4.21. The predicted octanol–water partition coefficient (Wildman–Crippen LogP) is 3.44. The molecule has 1 aliphatic rings. The molecule has 1 aliphatic carbocycles. The molecule has 1 fully saturated rings. The number of Topliss-reactive ketones (excluding diaryl/α,β-unsaturated/α-hetero) is 1. The van der Waals surface area contributed by atoms with Gasteiger partial charge in [0, 0.05) is 6.42 Å². The van der Waals surface area contributed by atoms with Gasteiger partial charge in [-0.3, -0.25) is 4.79 Å². The van der Waals surface area contributed by atoms with E-state index in [4.69, 9.17) is 4.74 Å². The van der Waals surface area contributed by atoms with E-state index in [1.54, 1.807) is 0 Å². The van der Waals surface area contributed by atoms with Crippen molar-refractivity contribution in [1.82, 2.24) is 0 Å². The summed E-state index contributed by atoms with van der Waals surface area (Å²) >= 11 is 0. The topological polar surface area (TPSA) is 26.3 Å². The predicted molar refractivity (Wildman–Crippen MR) is 68.4 cm³/mol. The van der Waals surface area contributed by atoms with E-state index in [0.717, 1.165) is 12.2 Å². The molecule has 0 N–H and O–H groups in total. The first-order chi connectivity index (χ1) is 7.97. The normalized spacial score (nSPS) is 27.8. The molecular weight excluding hydrogens is 212 g/mol. The summed E-state index contributed by atoms with van der Waals surface area (Å²) in [6.07, 6.45) is 1.45. The van der Waals surface area contributed by atoms with E-state index in [1.165, 1.54) is 11.1 Å². The largest absolute Gasteiger partial charge is 0.489 e. The van der Waals surface area contributed by atoms with Crippen molar-refractivity contribution in [3.05, 3.63) is 29.3 Å². The van der Waals surface area contributed by atoms with Gasteiger partial charge in [-0.25, -0.2) is 0 Å². The Morgan fingerprint density at radius 3 is 2.59 bits per heavy atom. The summed E-state index contributed by atoms with van der Waals surface area (Å²) in [5.74, 6) is 1.21. The minimum atomic E-state index is -0.279. The van der Waals surface area contributed by atoms with Gasteiger partial charge < -0.3 is 4.74 Å². The number of carbonyl (C=O) groups excluding carboxylic acids is 1. The summed E-state index contributed by atoms with van der Waals surface area (Å²) in [6.45, 7) is 8.22. The van der Waals surface area contributed by atoms with Crippen LogP contribution >= 0.6 is 0 Å². The summed E-state index contributed by atoms with van der Waals surface area (Å²) in [5.41, 5.74) is 2.21. The van der Waals surface area contributed by atoms with Crippen molar-refractivity contribution >= 4 is 5.78 Å². The maximum atomic E-state index is 11.6. The van der Waals surface area contributed by atoms with Gasteiger partial charge >= 0.3 is 0 Å². The summed E-state index contributed by atoms with van der Waals surface area (Å²) < 4.78 is 5.94. The second-order valence-corrected chi connectivity index (χ2v) is 5.25. The Bertz CT molecular complexity index is 450. The van der Waals surface area contributed by atoms with Crippen molar-refractivity contribution < 1.29 is 9.53 Å². The van der Waals surface area contributed by atoms with Crippen molar-refractivity contribution in [3.8, 4) is 5.75 Å². The van der Waals surface area contributed by atoms with Crippen LogP contribution in [0.4, 0.5) is 0 Å². The zero-order valence-electron chi connectivity index (χ0n) is 11.0. The lowest BCUT2D eigenvalue weighted by atomic mass is 9.64. The van der Waals surface area contributed by atoms with Crippen molar-refractivity contribution in [2.24, 2.45) is 5.41 Å². The highest BCUT2D eigenvalue weighted by Crippen LogP contribution is 2.42. The molecule has 2 rings (SSSR count).